The maximum atomic E-state index is 13.3. The SMILES string of the molecule is CN1C(=O)N(CC(=O)c2ccccc2)C(=O)C1(C)[C@H]1C[C@@H]2C=C[C@H]1CC2. The van der Waals surface area contributed by atoms with Crippen LogP contribution < -0.4 is 0 Å². The molecule has 1 aromatic carbocycles. The summed E-state index contributed by atoms with van der Waals surface area (Å²) in [4.78, 5) is 41.3. The fourth-order valence-corrected chi connectivity index (χ4v) is 4.87. The first-order valence-electron chi connectivity index (χ1n) is 9.29. The molecule has 3 aliphatic carbocycles. The van der Waals surface area contributed by atoms with E-state index >= 15 is 0 Å². The van der Waals surface area contributed by atoms with Gasteiger partial charge in [-0.2, -0.15) is 0 Å². The summed E-state index contributed by atoms with van der Waals surface area (Å²) < 4.78 is 0. The molecule has 0 aromatic heterocycles. The molecule has 1 saturated carbocycles. The van der Waals surface area contributed by atoms with E-state index in [1.165, 1.54) is 0 Å². The smallest absolute Gasteiger partial charge is 0.313 e. The van der Waals surface area contributed by atoms with Gasteiger partial charge in [-0.05, 0) is 43.9 Å². The summed E-state index contributed by atoms with van der Waals surface area (Å²) in [5, 5.41) is 0. The van der Waals surface area contributed by atoms with E-state index in [-0.39, 0.29) is 30.2 Å². The van der Waals surface area contributed by atoms with Crippen molar-refractivity contribution < 1.29 is 14.4 Å². The Kier molecular flexibility index (Phi) is 3.98. The van der Waals surface area contributed by atoms with E-state index in [4.69, 9.17) is 0 Å². The highest BCUT2D eigenvalue weighted by molar-refractivity contribution is 6.11. The molecule has 0 N–H and O–H groups in total. The third-order valence-electron chi connectivity index (χ3n) is 6.59. The van der Waals surface area contributed by atoms with Crippen LogP contribution in [-0.2, 0) is 4.79 Å². The quantitative estimate of drug-likeness (QED) is 0.475. The van der Waals surface area contributed by atoms with E-state index in [0.717, 1.165) is 24.2 Å². The van der Waals surface area contributed by atoms with Crippen LogP contribution in [0.15, 0.2) is 42.5 Å². The zero-order valence-electron chi connectivity index (χ0n) is 15.2. The molecule has 4 atom stereocenters. The fraction of sp³-hybridized carbons (Fsp3) is 0.476. The molecule has 4 aliphatic rings. The van der Waals surface area contributed by atoms with Crippen LogP contribution in [0.25, 0.3) is 0 Å². The van der Waals surface area contributed by atoms with Crippen LogP contribution in [0.1, 0.15) is 36.5 Å². The lowest BCUT2D eigenvalue weighted by molar-refractivity contribution is -0.136. The molecule has 1 aliphatic heterocycles. The Morgan fingerprint density at radius 1 is 1.15 bits per heavy atom. The summed E-state index contributed by atoms with van der Waals surface area (Å²) in [5.41, 5.74) is -0.355. The highest BCUT2D eigenvalue weighted by Crippen LogP contribution is 2.49. The number of carbonyl (C=O) groups excluding carboxylic acids is 3. The van der Waals surface area contributed by atoms with Gasteiger partial charge in [0.25, 0.3) is 5.91 Å². The molecule has 2 bridgehead atoms. The molecule has 2 fully saturated rings. The van der Waals surface area contributed by atoms with Gasteiger partial charge in [0, 0.05) is 12.6 Å². The summed E-state index contributed by atoms with van der Waals surface area (Å²) >= 11 is 0. The third-order valence-corrected chi connectivity index (χ3v) is 6.59. The molecule has 1 aromatic rings. The number of nitrogens with zero attached hydrogens (tertiary/aromatic N) is 2. The van der Waals surface area contributed by atoms with Gasteiger partial charge in [-0.25, -0.2) is 4.79 Å². The van der Waals surface area contributed by atoms with E-state index in [2.05, 4.69) is 12.2 Å². The summed E-state index contributed by atoms with van der Waals surface area (Å²) in [6.07, 6.45) is 7.64. The number of imide groups is 1. The maximum Gasteiger partial charge on any atom is 0.327 e. The first-order chi connectivity index (χ1) is 12.4. The van der Waals surface area contributed by atoms with Crippen molar-refractivity contribution in [1.82, 2.24) is 9.80 Å². The van der Waals surface area contributed by atoms with Crippen LogP contribution in [-0.4, -0.2) is 46.7 Å². The fourth-order valence-electron chi connectivity index (χ4n) is 4.87. The molecular formula is C21H24N2O3. The predicted molar refractivity (Wildman–Crippen MR) is 97.5 cm³/mol. The Bertz CT molecular complexity index is 788. The minimum atomic E-state index is -0.873. The van der Waals surface area contributed by atoms with Crippen molar-refractivity contribution in [1.29, 1.82) is 0 Å². The van der Waals surface area contributed by atoms with Gasteiger partial charge in [-0.15, -0.1) is 0 Å². The zero-order chi connectivity index (χ0) is 18.5. The molecule has 0 spiro atoms. The second-order valence-corrected chi connectivity index (χ2v) is 7.90. The number of benzene rings is 1. The molecule has 1 heterocycles. The van der Waals surface area contributed by atoms with Crippen LogP contribution in [0.5, 0.6) is 0 Å². The number of amides is 3. The molecule has 0 radical (unpaired) electrons. The predicted octanol–water partition coefficient (Wildman–Crippen LogP) is 3.12. The number of Topliss-reactive ketones (excluding diaryl/α,β-unsaturated/α-hetero) is 1. The van der Waals surface area contributed by atoms with Crippen molar-refractivity contribution in [2.45, 2.75) is 31.7 Å². The Labute approximate surface area is 153 Å². The second kappa shape index (κ2) is 6.08. The van der Waals surface area contributed by atoms with Crippen LogP contribution in [0.4, 0.5) is 4.79 Å². The number of fused-ring (bicyclic) bond motifs is 2. The van der Waals surface area contributed by atoms with Crippen molar-refractivity contribution in [3.63, 3.8) is 0 Å². The first-order valence-corrected chi connectivity index (χ1v) is 9.29. The normalized spacial score (nSPS) is 33.2. The standard InChI is InChI=1S/C21H24N2O3/c1-21(17-12-14-8-10-15(17)11-9-14)19(25)23(20(26)22(21)2)13-18(24)16-6-4-3-5-7-16/h3-8,10,14-15,17H,9,11-13H2,1-2H3/t14-,15+,17+,21?/m1/s1. The minimum Gasteiger partial charge on any atom is -0.313 e. The molecule has 1 saturated heterocycles. The zero-order valence-corrected chi connectivity index (χ0v) is 15.2. The number of rotatable bonds is 4. The van der Waals surface area contributed by atoms with Gasteiger partial charge < -0.3 is 4.90 Å². The van der Waals surface area contributed by atoms with E-state index < -0.39 is 5.54 Å². The van der Waals surface area contributed by atoms with Crippen molar-refractivity contribution in [3.05, 3.63) is 48.0 Å². The molecule has 5 rings (SSSR count). The number of likely N-dealkylation sites (N-methyl/N-ethyl adjacent to an activating group) is 1. The van der Waals surface area contributed by atoms with Crippen molar-refractivity contribution >= 4 is 17.7 Å². The summed E-state index contributed by atoms with van der Waals surface area (Å²) in [6.45, 7) is 1.68. The monoisotopic (exact) mass is 352 g/mol. The van der Waals surface area contributed by atoms with Gasteiger partial charge in [0.2, 0.25) is 0 Å². The van der Waals surface area contributed by atoms with E-state index in [1.807, 2.05) is 13.0 Å². The van der Waals surface area contributed by atoms with Crippen LogP contribution in [0.2, 0.25) is 0 Å². The largest absolute Gasteiger partial charge is 0.327 e. The molecule has 5 nitrogen and oxygen atoms in total. The second-order valence-electron chi connectivity index (χ2n) is 7.90. The van der Waals surface area contributed by atoms with Crippen molar-refractivity contribution in [3.8, 4) is 0 Å². The van der Waals surface area contributed by atoms with Gasteiger partial charge in [0.15, 0.2) is 5.78 Å². The number of hydrogen-bond acceptors (Lipinski definition) is 3. The molecule has 26 heavy (non-hydrogen) atoms. The molecular weight excluding hydrogens is 328 g/mol. The molecule has 1 unspecified atom stereocenters. The van der Waals surface area contributed by atoms with Gasteiger partial charge >= 0.3 is 6.03 Å². The number of ketones is 1. The Morgan fingerprint density at radius 3 is 2.46 bits per heavy atom. The lowest BCUT2D eigenvalue weighted by Crippen LogP contribution is -2.55. The van der Waals surface area contributed by atoms with Gasteiger partial charge in [0.05, 0.1) is 6.54 Å². The first kappa shape index (κ1) is 17.0. The number of allylic oxidation sites excluding steroid dienone is 2. The summed E-state index contributed by atoms with van der Waals surface area (Å²) in [5.74, 6) is 0.492. The Balaban J connectivity index is 1.59. The topological polar surface area (TPSA) is 57.7 Å². The minimum absolute atomic E-state index is 0.115. The summed E-state index contributed by atoms with van der Waals surface area (Å²) in [7, 11) is 1.69. The number of carbonyl (C=O) groups is 3. The number of urea groups is 1. The molecule has 136 valence electrons. The highest BCUT2D eigenvalue weighted by atomic mass is 16.2. The van der Waals surface area contributed by atoms with Crippen LogP contribution >= 0.6 is 0 Å². The molecule has 3 amide bonds. The average molecular weight is 352 g/mol. The van der Waals surface area contributed by atoms with E-state index in [9.17, 15) is 14.4 Å². The third kappa shape index (κ3) is 2.41. The van der Waals surface area contributed by atoms with Gasteiger partial charge in [-0.1, -0.05) is 42.5 Å². The van der Waals surface area contributed by atoms with E-state index in [1.54, 1.807) is 36.2 Å². The van der Waals surface area contributed by atoms with Gasteiger partial charge in [0.1, 0.15) is 5.54 Å². The lowest BCUT2D eigenvalue weighted by Gasteiger charge is -2.47. The van der Waals surface area contributed by atoms with Crippen LogP contribution in [0, 0.1) is 17.8 Å². The van der Waals surface area contributed by atoms with Crippen molar-refractivity contribution in [2.75, 3.05) is 13.6 Å². The Morgan fingerprint density at radius 2 is 1.88 bits per heavy atom. The molecule has 5 heteroatoms. The average Bonchev–Trinajstić information content (AvgIpc) is 2.85. The maximum absolute atomic E-state index is 13.3. The van der Waals surface area contributed by atoms with Gasteiger partial charge in [-0.3, -0.25) is 14.5 Å². The summed E-state index contributed by atoms with van der Waals surface area (Å²) in [6, 6.07) is 8.44. The van der Waals surface area contributed by atoms with Crippen molar-refractivity contribution in [2.24, 2.45) is 17.8 Å². The Hall–Kier alpha value is -2.43. The van der Waals surface area contributed by atoms with E-state index in [0.29, 0.717) is 17.4 Å². The van der Waals surface area contributed by atoms with Crippen LogP contribution in [0.3, 0.4) is 0 Å². The highest BCUT2D eigenvalue weighted by Gasteiger charge is 2.59. The lowest BCUT2D eigenvalue weighted by atomic mass is 9.62. The number of hydrogen-bond donors (Lipinski definition) is 0.